The Bertz CT molecular complexity index is 250. The molecule has 0 aliphatic heterocycles. The van der Waals surface area contributed by atoms with E-state index in [1.165, 1.54) is 0 Å². The van der Waals surface area contributed by atoms with Crippen LogP contribution in [0.4, 0.5) is 0 Å². The number of rotatable bonds is 5. The van der Waals surface area contributed by atoms with E-state index in [1.807, 2.05) is 12.1 Å². The molecule has 0 aliphatic carbocycles. The third-order valence-electron chi connectivity index (χ3n) is 1.93. The van der Waals surface area contributed by atoms with Crippen molar-refractivity contribution in [1.29, 1.82) is 0 Å². The van der Waals surface area contributed by atoms with Crippen LogP contribution in [0, 0.1) is 0 Å². The molecule has 0 bridgehead atoms. The highest BCUT2D eigenvalue weighted by molar-refractivity contribution is 9.10. The summed E-state index contributed by atoms with van der Waals surface area (Å²) in [7, 11) is 0. The molecule has 0 saturated heterocycles. The van der Waals surface area contributed by atoms with Gasteiger partial charge in [-0.2, -0.15) is 0 Å². The fourth-order valence-electron chi connectivity index (χ4n) is 1.18. The van der Waals surface area contributed by atoms with Gasteiger partial charge in [-0.05, 0) is 47.4 Å². The van der Waals surface area contributed by atoms with Crippen molar-refractivity contribution in [2.75, 3.05) is 6.54 Å². The number of halogens is 1. The molecule has 3 nitrogen and oxygen atoms in total. The zero-order valence-electron chi connectivity index (χ0n) is 7.50. The second kappa shape index (κ2) is 5.42. The van der Waals surface area contributed by atoms with E-state index in [0.717, 1.165) is 36.2 Å². The maximum atomic E-state index is 5.89. The third kappa shape index (κ3) is 3.50. The minimum atomic E-state index is -0.00199. The Morgan fingerprint density at radius 1 is 1.38 bits per heavy atom. The van der Waals surface area contributed by atoms with E-state index in [4.69, 9.17) is 15.9 Å². The molecule has 0 saturated carbocycles. The lowest BCUT2D eigenvalue weighted by atomic mass is 10.1. The molecule has 4 N–H and O–H groups in total. The molecule has 0 radical (unpaired) electrons. The largest absolute Gasteiger partial charge is 0.453 e. The van der Waals surface area contributed by atoms with Crippen LogP contribution in [-0.2, 0) is 0 Å². The number of furan rings is 1. The smallest absolute Gasteiger partial charge is 0.169 e. The molecule has 0 aromatic carbocycles. The van der Waals surface area contributed by atoms with Crippen molar-refractivity contribution in [2.24, 2.45) is 11.5 Å². The van der Waals surface area contributed by atoms with Gasteiger partial charge in [-0.25, -0.2) is 0 Å². The summed E-state index contributed by atoms with van der Waals surface area (Å²) >= 11 is 3.24. The van der Waals surface area contributed by atoms with Crippen molar-refractivity contribution >= 4 is 15.9 Å². The quantitative estimate of drug-likeness (QED) is 0.783. The van der Waals surface area contributed by atoms with Gasteiger partial charge in [-0.1, -0.05) is 6.42 Å². The highest BCUT2D eigenvalue weighted by Gasteiger charge is 2.09. The van der Waals surface area contributed by atoms with Gasteiger partial charge < -0.3 is 15.9 Å². The van der Waals surface area contributed by atoms with Gasteiger partial charge in [0.1, 0.15) is 5.76 Å². The summed E-state index contributed by atoms with van der Waals surface area (Å²) < 4.78 is 6.07. The number of unbranched alkanes of at least 4 members (excludes halogenated alkanes) is 1. The molecule has 0 unspecified atom stereocenters. The predicted octanol–water partition coefficient (Wildman–Crippen LogP) is 2.17. The number of hydrogen-bond donors (Lipinski definition) is 2. The van der Waals surface area contributed by atoms with E-state index in [1.54, 1.807) is 0 Å². The summed E-state index contributed by atoms with van der Waals surface area (Å²) in [5.41, 5.74) is 11.3. The van der Waals surface area contributed by atoms with Crippen molar-refractivity contribution in [1.82, 2.24) is 0 Å². The molecule has 1 aromatic heterocycles. The standard InChI is InChI=1S/C9H15BrN2O/c10-9-5-4-8(13-9)7(12)3-1-2-6-11/h4-5,7H,1-3,6,11-12H2/t7-/m1/s1. The Morgan fingerprint density at radius 3 is 2.69 bits per heavy atom. The second-order valence-electron chi connectivity index (χ2n) is 3.03. The van der Waals surface area contributed by atoms with Crippen LogP contribution >= 0.6 is 15.9 Å². The molecule has 0 spiro atoms. The van der Waals surface area contributed by atoms with Gasteiger partial charge in [0.15, 0.2) is 4.67 Å². The summed E-state index contributed by atoms with van der Waals surface area (Å²) in [6.45, 7) is 0.731. The molecule has 0 fully saturated rings. The Labute approximate surface area is 86.6 Å². The van der Waals surface area contributed by atoms with Crippen LogP contribution in [0.15, 0.2) is 21.2 Å². The summed E-state index contributed by atoms with van der Waals surface area (Å²) in [4.78, 5) is 0. The molecular formula is C9H15BrN2O. The Kier molecular flexibility index (Phi) is 4.48. The molecule has 0 aliphatic rings. The van der Waals surface area contributed by atoms with Crippen molar-refractivity contribution in [3.63, 3.8) is 0 Å². The van der Waals surface area contributed by atoms with E-state index in [-0.39, 0.29) is 6.04 Å². The summed E-state index contributed by atoms with van der Waals surface area (Å²) in [6, 6.07) is 3.76. The zero-order valence-corrected chi connectivity index (χ0v) is 9.09. The maximum Gasteiger partial charge on any atom is 0.169 e. The average Bonchev–Trinajstić information content (AvgIpc) is 2.52. The average molecular weight is 247 g/mol. The maximum absolute atomic E-state index is 5.89. The Hall–Kier alpha value is -0.320. The molecule has 1 heterocycles. The van der Waals surface area contributed by atoms with E-state index < -0.39 is 0 Å². The minimum absolute atomic E-state index is 0.00199. The van der Waals surface area contributed by atoms with Crippen LogP contribution < -0.4 is 11.5 Å². The van der Waals surface area contributed by atoms with Crippen molar-refractivity contribution in [2.45, 2.75) is 25.3 Å². The normalized spacial score (nSPS) is 13.2. The van der Waals surface area contributed by atoms with Gasteiger partial charge in [-0.3, -0.25) is 0 Å². The Balaban J connectivity index is 2.35. The van der Waals surface area contributed by atoms with Crippen molar-refractivity contribution in [3.05, 3.63) is 22.6 Å². The van der Waals surface area contributed by atoms with Crippen LogP contribution in [0.25, 0.3) is 0 Å². The van der Waals surface area contributed by atoms with Crippen molar-refractivity contribution in [3.8, 4) is 0 Å². The molecule has 1 atom stereocenters. The van der Waals surface area contributed by atoms with Crippen LogP contribution in [0.1, 0.15) is 31.1 Å². The first-order valence-electron chi connectivity index (χ1n) is 4.45. The molecule has 74 valence electrons. The molecule has 0 amide bonds. The molecular weight excluding hydrogens is 232 g/mol. The lowest BCUT2D eigenvalue weighted by molar-refractivity contribution is 0.429. The fraction of sp³-hybridized carbons (Fsp3) is 0.556. The van der Waals surface area contributed by atoms with E-state index >= 15 is 0 Å². The third-order valence-corrected chi connectivity index (χ3v) is 2.35. The SMILES string of the molecule is NCCCC[C@@H](N)c1ccc(Br)o1. The minimum Gasteiger partial charge on any atom is -0.453 e. The Morgan fingerprint density at radius 2 is 2.15 bits per heavy atom. The first kappa shape index (κ1) is 10.8. The monoisotopic (exact) mass is 246 g/mol. The second-order valence-corrected chi connectivity index (χ2v) is 3.81. The van der Waals surface area contributed by atoms with Gasteiger partial charge in [0.05, 0.1) is 6.04 Å². The summed E-state index contributed by atoms with van der Waals surface area (Å²) in [5, 5.41) is 0. The van der Waals surface area contributed by atoms with Crippen LogP contribution in [0.2, 0.25) is 0 Å². The van der Waals surface area contributed by atoms with Crippen LogP contribution in [-0.4, -0.2) is 6.54 Å². The number of hydrogen-bond acceptors (Lipinski definition) is 3. The fourth-order valence-corrected chi connectivity index (χ4v) is 1.50. The molecule has 4 heteroatoms. The molecule has 13 heavy (non-hydrogen) atoms. The predicted molar refractivity (Wildman–Crippen MR) is 56.2 cm³/mol. The van der Waals surface area contributed by atoms with E-state index in [9.17, 15) is 0 Å². The highest BCUT2D eigenvalue weighted by Crippen LogP contribution is 2.22. The van der Waals surface area contributed by atoms with Crippen LogP contribution in [0.5, 0.6) is 0 Å². The van der Waals surface area contributed by atoms with Gasteiger partial charge in [0.2, 0.25) is 0 Å². The topological polar surface area (TPSA) is 65.2 Å². The number of nitrogens with two attached hydrogens (primary N) is 2. The van der Waals surface area contributed by atoms with E-state index in [0.29, 0.717) is 0 Å². The molecule has 1 rings (SSSR count). The van der Waals surface area contributed by atoms with Crippen molar-refractivity contribution < 1.29 is 4.42 Å². The van der Waals surface area contributed by atoms with Crippen LogP contribution in [0.3, 0.4) is 0 Å². The van der Waals surface area contributed by atoms with Gasteiger partial charge in [0, 0.05) is 0 Å². The highest BCUT2D eigenvalue weighted by atomic mass is 79.9. The first-order valence-corrected chi connectivity index (χ1v) is 5.24. The van der Waals surface area contributed by atoms with Gasteiger partial charge in [0.25, 0.3) is 0 Å². The summed E-state index contributed by atoms with van der Waals surface area (Å²) in [6.07, 6.45) is 3.00. The van der Waals surface area contributed by atoms with Gasteiger partial charge in [-0.15, -0.1) is 0 Å². The lowest BCUT2D eigenvalue weighted by Crippen LogP contribution is -2.10. The lowest BCUT2D eigenvalue weighted by Gasteiger charge is -2.07. The molecule has 1 aromatic rings. The zero-order chi connectivity index (χ0) is 9.68. The van der Waals surface area contributed by atoms with Gasteiger partial charge >= 0.3 is 0 Å². The summed E-state index contributed by atoms with van der Waals surface area (Å²) in [5.74, 6) is 0.837. The van der Waals surface area contributed by atoms with E-state index in [2.05, 4.69) is 15.9 Å². The first-order chi connectivity index (χ1) is 6.24.